The van der Waals surface area contributed by atoms with Gasteiger partial charge < -0.3 is 0 Å². The number of nitro groups is 1. The Morgan fingerprint density at radius 3 is 2.57 bits per heavy atom. The molecule has 0 spiro atoms. The fraction of sp³-hybridized carbons (Fsp3) is 0.538. The average Bonchev–Trinajstić information content (AvgIpc) is 2.37. The first-order valence-corrected chi connectivity index (χ1v) is 9.01. The van der Waals surface area contributed by atoms with Crippen molar-refractivity contribution >= 4 is 31.6 Å². The number of nitrogens with one attached hydrogen (secondary N) is 1. The van der Waals surface area contributed by atoms with Crippen LogP contribution >= 0.6 is 15.9 Å². The molecular formula is C13H17BrN2O4S. The predicted octanol–water partition coefficient (Wildman–Crippen LogP) is 3.22. The Morgan fingerprint density at radius 2 is 2.10 bits per heavy atom. The maximum atomic E-state index is 12.4. The second-order valence-electron chi connectivity index (χ2n) is 5.40. The molecule has 1 aliphatic rings. The number of nitrogens with zero attached hydrogens (tertiary/aromatic N) is 1. The summed E-state index contributed by atoms with van der Waals surface area (Å²) in [6, 6.07) is 3.91. The number of hydrogen-bond donors (Lipinski definition) is 1. The van der Waals surface area contributed by atoms with Gasteiger partial charge in [-0.1, -0.05) is 29.3 Å². The molecule has 0 unspecified atom stereocenters. The summed E-state index contributed by atoms with van der Waals surface area (Å²) in [5, 5.41) is 11.0. The fourth-order valence-corrected chi connectivity index (χ4v) is 4.38. The Morgan fingerprint density at radius 1 is 1.43 bits per heavy atom. The van der Waals surface area contributed by atoms with Crippen LogP contribution in [0.4, 0.5) is 5.69 Å². The van der Waals surface area contributed by atoms with Crippen LogP contribution in [-0.4, -0.2) is 19.9 Å². The second-order valence-corrected chi connectivity index (χ2v) is 8.05. The summed E-state index contributed by atoms with van der Waals surface area (Å²) >= 11 is 3.15. The van der Waals surface area contributed by atoms with E-state index in [0.29, 0.717) is 11.0 Å². The molecule has 0 aromatic heterocycles. The lowest BCUT2D eigenvalue weighted by Gasteiger charge is -2.41. The molecule has 0 atom stereocenters. The van der Waals surface area contributed by atoms with Crippen molar-refractivity contribution in [3.05, 3.63) is 32.8 Å². The van der Waals surface area contributed by atoms with E-state index >= 15 is 0 Å². The minimum atomic E-state index is -3.90. The molecule has 0 radical (unpaired) electrons. The van der Waals surface area contributed by atoms with Crippen molar-refractivity contribution in [3.8, 4) is 0 Å². The van der Waals surface area contributed by atoms with Gasteiger partial charge in [0.15, 0.2) is 4.90 Å². The lowest BCUT2D eigenvalue weighted by Crippen LogP contribution is -2.41. The Hall–Kier alpha value is -0.990. The molecule has 0 heterocycles. The van der Waals surface area contributed by atoms with E-state index < -0.39 is 20.6 Å². The summed E-state index contributed by atoms with van der Waals surface area (Å²) in [6.07, 6.45) is 3.99. The predicted molar refractivity (Wildman–Crippen MR) is 82.6 cm³/mol. The van der Waals surface area contributed by atoms with Gasteiger partial charge in [-0.25, -0.2) is 13.1 Å². The van der Waals surface area contributed by atoms with Crippen LogP contribution in [0.2, 0.25) is 0 Å². The number of nitro benzene ring substituents is 1. The van der Waals surface area contributed by atoms with Gasteiger partial charge >= 0.3 is 0 Å². The van der Waals surface area contributed by atoms with Crippen LogP contribution < -0.4 is 4.72 Å². The van der Waals surface area contributed by atoms with Crippen molar-refractivity contribution in [1.29, 1.82) is 0 Å². The monoisotopic (exact) mass is 376 g/mol. The zero-order valence-corrected chi connectivity index (χ0v) is 14.0. The maximum Gasteiger partial charge on any atom is 0.289 e. The number of rotatable bonds is 6. The number of benzene rings is 1. The van der Waals surface area contributed by atoms with Crippen molar-refractivity contribution in [2.24, 2.45) is 5.41 Å². The van der Waals surface area contributed by atoms with E-state index in [1.165, 1.54) is 18.2 Å². The third kappa shape index (κ3) is 3.44. The fourth-order valence-electron chi connectivity index (χ4n) is 2.51. The minimum absolute atomic E-state index is 0.00780. The Kier molecular flexibility index (Phi) is 4.69. The minimum Gasteiger partial charge on any atom is -0.258 e. The van der Waals surface area contributed by atoms with Gasteiger partial charge in [0.1, 0.15) is 0 Å². The highest BCUT2D eigenvalue weighted by Gasteiger charge is 2.37. The first-order valence-electron chi connectivity index (χ1n) is 6.73. The molecule has 0 bridgehead atoms. The van der Waals surface area contributed by atoms with Gasteiger partial charge in [-0.3, -0.25) is 10.1 Å². The van der Waals surface area contributed by atoms with Gasteiger partial charge in [-0.05, 0) is 36.8 Å². The smallest absolute Gasteiger partial charge is 0.258 e. The Balaban J connectivity index is 2.27. The molecule has 116 valence electrons. The van der Waals surface area contributed by atoms with Gasteiger partial charge in [-0.15, -0.1) is 0 Å². The van der Waals surface area contributed by atoms with Gasteiger partial charge in [0.25, 0.3) is 5.69 Å². The third-order valence-electron chi connectivity index (χ3n) is 4.21. The van der Waals surface area contributed by atoms with Crippen LogP contribution in [0.1, 0.15) is 32.6 Å². The average molecular weight is 377 g/mol. The third-order valence-corrected chi connectivity index (χ3v) is 6.13. The van der Waals surface area contributed by atoms with Crippen molar-refractivity contribution in [1.82, 2.24) is 4.72 Å². The molecule has 8 heteroatoms. The highest BCUT2D eigenvalue weighted by atomic mass is 79.9. The van der Waals surface area contributed by atoms with E-state index in [-0.39, 0.29) is 10.3 Å². The summed E-state index contributed by atoms with van der Waals surface area (Å²) in [5.74, 6) is 0. The van der Waals surface area contributed by atoms with E-state index in [2.05, 4.69) is 20.7 Å². The Labute approximate surface area is 132 Å². The molecule has 1 N–H and O–H groups in total. The maximum absolute atomic E-state index is 12.4. The quantitative estimate of drug-likeness (QED) is 0.609. The van der Waals surface area contributed by atoms with Crippen LogP contribution in [0.15, 0.2) is 27.6 Å². The summed E-state index contributed by atoms with van der Waals surface area (Å²) in [6.45, 7) is 2.37. The summed E-state index contributed by atoms with van der Waals surface area (Å²) in [7, 11) is -3.90. The largest absolute Gasteiger partial charge is 0.289 e. The zero-order valence-electron chi connectivity index (χ0n) is 11.6. The summed E-state index contributed by atoms with van der Waals surface area (Å²) in [5.41, 5.74) is -0.404. The molecule has 0 saturated heterocycles. The second kappa shape index (κ2) is 6.02. The van der Waals surface area contributed by atoms with E-state index in [1.54, 1.807) is 0 Å². The SMILES string of the molecule is CCC1(CNS(=O)(=O)c2cc(Br)ccc2[N+](=O)[O-])CCC1. The van der Waals surface area contributed by atoms with E-state index in [9.17, 15) is 18.5 Å². The lowest BCUT2D eigenvalue weighted by molar-refractivity contribution is -0.387. The molecule has 1 aromatic rings. The molecule has 1 saturated carbocycles. The van der Waals surface area contributed by atoms with Crippen molar-refractivity contribution < 1.29 is 13.3 Å². The zero-order chi connectivity index (χ0) is 15.7. The summed E-state index contributed by atoms with van der Waals surface area (Å²) in [4.78, 5) is 10.0. The highest BCUT2D eigenvalue weighted by Crippen LogP contribution is 2.43. The number of sulfonamides is 1. The van der Waals surface area contributed by atoms with Crippen molar-refractivity contribution in [2.45, 2.75) is 37.5 Å². The summed E-state index contributed by atoms with van der Waals surface area (Å²) < 4.78 is 27.8. The van der Waals surface area contributed by atoms with Gasteiger partial charge in [0.2, 0.25) is 10.0 Å². The molecule has 1 fully saturated rings. The van der Waals surface area contributed by atoms with E-state index in [4.69, 9.17) is 0 Å². The highest BCUT2D eigenvalue weighted by molar-refractivity contribution is 9.10. The standard InChI is InChI=1S/C13H17BrN2O4S/c1-2-13(6-3-7-13)9-15-21(19,20)12-8-10(14)4-5-11(12)16(17)18/h4-5,8,15H,2-3,6-7,9H2,1H3. The van der Waals surface area contributed by atoms with E-state index in [0.717, 1.165) is 25.7 Å². The van der Waals surface area contributed by atoms with Crippen LogP contribution in [0.25, 0.3) is 0 Å². The van der Waals surface area contributed by atoms with Gasteiger partial charge in [0, 0.05) is 17.1 Å². The molecule has 1 aromatic carbocycles. The van der Waals surface area contributed by atoms with Gasteiger partial charge in [0.05, 0.1) is 4.92 Å². The molecule has 21 heavy (non-hydrogen) atoms. The molecule has 6 nitrogen and oxygen atoms in total. The molecular weight excluding hydrogens is 360 g/mol. The lowest BCUT2D eigenvalue weighted by atomic mass is 9.67. The number of hydrogen-bond acceptors (Lipinski definition) is 4. The number of halogens is 1. The normalized spacial score (nSPS) is 17.2. The first-order chi connectivity index (χ1) is 9.80. The molecule has 1 aliphatic carbocycles. The Bertz CT molecular complexity index is 651. The van der Waals surface area contributed by atoms with Crippen LogP contribution in [0, 0.1) is 15.5 Å². The van der Waals surface area contributed by atoms with Crippen LogP contribution in [0.5, 0.6) is 0 Å². The van der Waals surface area contributed by atoms with Crippen molar-refractivity contribution in [3.63, 3.8) is 0 Å². The van der Waals surface area contributed by atoms with Gasteiger partial charge in [-0.2, -0.15) is 0 Å². The first kappa shape index (κ1) is 16.4. The van der Waals surface area contributed by atoms with Crippen LogP contribution in [-0.2, 0) is 10.0 Å². The molecule has 0 amide bonds. The topological polar surface area (TPSA) is 89.3 Å². The van der Waals surface area contributed by atoms with Crippen LogP contribution in [0.3, 0.4) is 0 Å². The molecule has 0 aliphatic heterocycles. The molecule has 2 rings (SSSR count). The van der Waals surface area contributed by atoms with Crippen molar-refractivity contribution in [2.75, 3.05) is 6.54 Å². The van der Waals surface area contributed by atoms with E-state index in [1.807, 2.05) is 6.92 Å².